The summed E-state index contributed by atoms with van der Waals surface area (Å²) in [5, 5.41) is 0. The first kappa shape index (κ1) is 14.3. The van der Waals surface area contributed by atoms with Crippen LogP contribution in [0.5, 0.6) is 0 Å². The number of hydrogen-bond donors (Lipinski definition) is 1. The van der Waals surface area contributed by atoms with E-state index in [1.807, 2.05) is 48.5 Å². The van der Waals surface area contributed by atoms with E-state index in [1.165, 1.54) is 5.56 Å². The van der Waals surface area contributed by atoms with Crippen molar-refractivity contribution in [1.82, 2.24) is 0 Å². The highest BCUT2D eigenvalue weighted by Crippen LogP contribution is 2.22. The summed E-state index contributed by atoms with van der Waals surface area (Å²) in [4.78, 5) is 12.3. The highest BCUT2D eigenvalue weighted by Gasteiger charge is 2.13. The summed E-state index contributed by atoms with van der Waals surface area (Å²) in [6, 6.07) is 15.7. The minimum Gasteiger partial charge on any atom is -0.399 e. The van der Waals surface area contributed by atoms with Crippen molar-refractivity contribution in [3.05, 3.63) is 65.2 Å². The van der Waals surface area contributed by atoms with Crippen molar-refractivity contribution < 1.29 is 4.79 Å². The maximum atomic E-state index is 12.3. The van der Waals surface area contributed by atoms with Gasteiger partial charge in [-0.2, -0.15) is 0 Å². The molecule has 104 valence electrons. The summed E-state index contributed by atoms with van der Waals surface area (Å²) >= 11 is 0. The van der Waals surface area contributed by atoms with Crippen LogP contribution in [-0.2, 0) is 6.42 Å². The van der Waals surface area contributed by atoms with Gasteiger partial charge in [-0.1, -0.05) is 50.2 Å². The van der Waals surface area contributed by atoms with Crippen molar-refractivity contribution in [3.63, 3.8) is 0 Å². The second-order valence-electron chi connectivity index (χ2n) is 5.25. The molecule has 0 aliphatic heterocycles. The van der Waals surface area contributed by atoms with Gasteiger partial charge in [0.05, 0.1) is 0 Å². The molecule has 0 amide bonds. The average molecular weight is 267 g/mol. The second kappa shape index (κ2) is 6.38. The van der Waals surface area contributed by atoms with E-state index in [2.05, 4.69) is 13.8 Å². The van der Waals surface area contributed by atoms with Crippen LogP contribution in [0.4, 0.5) is 5.69 Å². The van der Waals surface area contributed by atoms with Gasteiger partial charge < -0.3 is 5.73 Å². The van der Waals surface area contributed by atoms with Crippen LogP contribution in [0.1, 0.15) is 47.7 Å². The summed E-state index contributed by atoms with van der Waals surface area (Å²) in [5.41, 5.74) is 9.64. The number of nitrogen functional groups attached to an aromatic ring is 1. The summed E-state index contributed by atoms with van der Waals surface area (Å²) in [7, 11) is 0. The van der Waals surface area contributed by atoms with Gasteiger partial charge in [0.2, 0.25) is 0 Å². The van der Waals surface area contributed by atoms with Crippen LogP contribution in [0.15, 0.2) is 48.5 Å². The molecule has 1 atom stereocenters. The van der Waals surface area contributed by atoms with Gasteiger partial charge in [0.25, 0.3) is 0 Å². The predicted octanol–water partition coefficient (Wildman–Crippen LogP) is 4.21. The first-order valence-corrected chi connectivity index (χ1v) is 7.07. The van der Waals surface area contributed by atoms with E-state index < -0.39 is 0 Å². The van der Waals surface area contributed by atoms with Crippen molar-refractivity contribution in [2.24, 2.45) is 0 Å². The van der Waals surface area contributed by atoms with E-state index in [0.29, 0.717) is 6.42 Å². The molecular weight excluding hydrogens is 246 g/mol. The number of carbonyl (C=O) groups excluding carboxylic acids is 1. The smallest absolute Gasteiger partial charge is 0.163 e. The van der Waals surface area contributed by atoms with Gasteiger partial charge in [-0.05, 0) is 35.6 Å². The fourth-order valence-electron chi connectivity index (χ4n) is 2.26. The molecular formula is C18H21NO. The first-order chi connectivity index (χ1) is 9.60. The van der Waals surface area contributed by atoms with Gasteiger partial charge in [0, 0.05) is 17.7 Å². The molecule has 2 nitrogen and oxygen atoms in total. The molecule has 0 fully saturated rings. The van der Waals surface area contributed by atoms with Gasteiger partial charge >= 0.3 is 0 Å². The second-order valence-corrected chi connectivity index (χ2v) is 5.25. The van der Waals surface area contributed by atoms with Crippen molar-refractivity contribution in [1.29, 1.82) is 0 Å². The highest BCUT2D eigenvalue weighted by atomic mass is 16.1. The van der Waals surface area contributed by atoms with Gasteiger partial charge in [0.15, 0.2) is 5.78 Å². The van der Waals surface area contributed by atoms with E-state index >= 15 is 0 Å². The zero-order valence-corrected chi connectivity index (χ0v) is 12.1. The number of hydrogen-bond acceptors (Lipinski definition) is 2. The molecule has 2 aromatic carbocycles. The minimum atomic E-state index is 0.192. The third-order valence-corrected chi connectivity index (χ3v) is 3.68. The van der Waals surface area contributed by atoms with Crippen molar-refractivity contribution >= 4 is 11.5 Å². The Hall–Kier alpha value is -2.09. The van der Waals surface area contributed by atoms with E-state index in [1.54, 1.807) is 0 Å². The quantitative estimate of drug-likeness (QED) is 0.651. The topological polar surface area (TPSA) is 43.1 Å². The van der Waals surface area contributed by atoms with Crippen LogP contribution in [0.25, 0.3) is 0 Å². The van der Waals surface area contributed by atoms with Crippen LogP contribution in [0.2, 0.25) is 0 Å². The number of nitrogens with two attached hydrogens (primary N) is 1. The molecule has 2 aromatic rings. The molecule has 1 unspecified atom stereocenters. The standard InChI is InChI=1S/C18H21NO/c1-3-14-4-6-16(7-5-14)18(20)12-13(2)15-8-10-17(19)11-9-15/h4-11,13H,3,12,19H2,1-2H3. The molecule has 2 rings (SSSR count). The fraction of sp³-hybridized carbons (Fsp3) is 0.278. The van der Waals surface area contributed by atoms with Crippen LogP contribution in [0.3, 0.4) is 0 Å². The molecule has 0 aliphatic rings. The van der Waals surface area contributed by atoms with Crippen LogP contribution >= 0.6 is 0 Å². The van der Waals surface area contributed by atoms with Crippen LogP contribution < -0.4 is 5.73 Å². The van der Waals surface area contributed by atoms with Gasteiger partial charge in [-0.15, -0.1) is 0 Å². The van der Waals surface area contributed by atoms with E-state index in [0.717, 1.165) is 23.2 Å². The van der Waals surface area contributed by atoms with Crippen molar-refractivity contribution in [2.75, 3.05) is 5.73 Å². The Balaban J connectivity index is 2.04. The normalized spacial score (nSPS) is 12.1. The van der Waals surface area contributed by atoms with E-state index in [-0.39, 0.29) is 11.7 Å². The molecule has 2 N–H and O–H groups in total. The lowest BCUT2D eigenvalue weighted by atomic mass is 9.93. The van der Waals surface area contributed by atoms with Crippen molar-refractivity contribution in [2.45, 2.75) is 32.6 Å². The molecule has 0 heterocycles. The Kier molecular flexibility index (Phi) is 4.57. The summed E-state index contributed by atoms with van der Waals surface area (Å²) < 4.78 is 0. The first-order valence-electron chi connectivity index (χ1n) is 7.07. The number of carbonyl (C=O) groups is 1. The maximum Gasteiger partial charge on any atom is 0.163 e. The lowest BCUT2D eigenvalue weighted by Gasteiger charge is -2.11. The fourth-order valence-corrected chi connectivity index (χ4v) is 2.26. The third-order valence-electron chi connectivity index (χ3n) is 3.68. The Morgan fingerprint density at radius 2 is 1.65 bits per heavy atom. The summed E-state index contributed by atoms with van der Waals surface area (Å²) in [6.07, 6.45) is 1.52. The molecule has 0 aliphatic carbocycles. The number of ketones is 1. The van der Waals surface area contributed by atoms with Gasteiger partial charge in [-0.3, -0.25) is 4.79 Å². The van der Waals surface area contributed by atoms with E-state index in [9.17, 15) is 4.79 Å². The molecule has 20 heavy (non-hydrogen) atoms. The summed E-state index contributed by atoms with van der Waals surface area (Å²) in [5.74, 6) is 0.394. The molecule has 0 bridgehead atoms. The van der Waals surface area contributed by atoms with Gasteiger partial charge in [-0.25, -0.2) is 0 Å². The third kappa shape index (κ3) is 3.47. The van der Waals surface area contributed by atoms with Crippen molar-refractivity contribution in [3.8, 4) is 0 Å². The largest absolute Gasteiger partial charge is 0.399 e. The Morgan fingerprint density at radius 3 is 2.20 bits per heavy atom. The zero-order chi connectivity index (χ0) is 14.5. The Labute approximate surface area is 120 Å². The molecule has 0 saturated heterocycles. The number of anilines is 1. The maximum absolute atomic E-state index is 12.3. The van der Waals surface area contributed by atoms with Gasteiger partial charge in [0.1, 0.15) is 0 Å². The van der Waals surface area contributed by atoms with Crippen LogP contribution in [0, 0.1) is 0 Å². The lowest BCUT2D eigenvalue weighted by molar-refractivity contribution is 0.0975. The Morgan fingerprint density at radius 1 is 1.05 bits per heavy atom. The molecule has 0 spiro atoms. The molecule has 2 heteroatoms. The monoisotopic (exact) mass is 267 g/mol. The van der Waals surface area contributed by atoms with E-state index in [4.69, 9.17) is 5.73 Å². The zero-order valence-electron chi connectivity index (χ0n) is 12.1. The SMILES string of the molecule is CCc1ccc(C(=O)CC(C)c2ccc(N)cc2)cc1. The highest BCUT2D eigenvalue weighted by molar-refractivity contribution is 5.96. The minimum absolute atomic E-state index is 0.192. The number of aryl methyl sites for hydroxylation is 1. The number of Topliss-reactive ketones (excluding diaryl/α,β-unsaturated/α-hetero) is 1. The number of rotatable bonds is 5. The lowest BCUT2D eigenvalue weighted by Crippen LogP contribution is -2.05. The Bertz CT molecular complexity index is 569. The number of benzene rings is 2. The predicted molar refractivity (Wildman–Crippen MR) is 84.0 cm³/mol. The van der Waals surface area contributed by atoms with Crippen LogP contribution in [-0.4, -0.2) is 5.78 Å². The molecule has 0 radical (unpaired) electrons. The average Bonchev–Trinajstić information content (AvgIpc) is 2.48. The molecule has 0 aromatic heterocycles. The molecule has 0 saturated carbocycles. The summed E-state index contributed by atoms with van der Waals surface area (Å²) in [6.45, 7) is 4.18.